The molecule has 5 saturated carbocycles. The minimum absolute atomic E-state index is 0.530. The second-order valence-corrected chi connectivity index (χ2v) is 14.3. The second-order valence-electron chi connectivity index (χ2n) is 14.3. The van der Waals surface area contributed by atoms with Gasteiger partial charge in [0.1, 0.15) is 0 Å². The van der Waals surface area contributed by atoms with E-state index in [0.717, 1.165) is 53.6 Å². The van der Waals surface area contributed by atoms with Gasteiger partial charge in [0, 0.05) is 25.2 Å². The van der Waals surface area contributed by atoms with Gasteiger partial charge in [-0.3, -0.25) is 4.90 Å². The van der Waals surface area contributed by atoms with Crippen LogP contribution in [0.2, 0.25) is 0 Å². The van der Waals surface area contributed by atoms with Gasteiger partial charge in [0.05, 0.1) is 6.10 Å². The van der Waals surface area contributed by atoms with Crippen LogP contribution in [-0.4, -0.2) is 36.2 Å². The zero-order valence-electron chi connectivity index (χ0n) is 23.8. The second kappa shape index (κ2) is 12.6. The van der Waals surface area contributed by atoms with Gasteiger partial charge in [-0.1, -0.05) is 39.5 Å². The molecule has 0 unspecified atom stereocenters. The molecule has 0 amide bonds. The molecule has 0 aromatic rings. The summed E-state index contributed by atoms with van der Waals surface area (Å²) in [7, 11) is 1.93. The highest BCUT2D eigenvalue weighted by Gasteiger charge is 2.40. The Bertz CT molecular complexity index is 553. The Hall–Kier alpha value is -0.0800. The topological polar surface area (TPSA) is 12.5 Å². The zero-order valence-corrected chi connectivity index (χ0v) is 23.8. The lowest BCUT2D eigenvalue weighted by Gasteiger charge is -2.50. The summed E-state index contributed by atoms with van der Waals surface area (Å²) in [4.78, 5) is 3.18. The Morgan fingerprint density at radius 1 is 0.400 bits per heavy atom. The highest BCUT2D eigenvalue weighted by atomic mass is 16.5. The van der Waals surface area contributed by atoms with Gasteiger partial charge in [0.25, 0.3) is 0 Å². The van der Waals surface area contributed by atoms with Crippen LogP contribution < -0.4 is 0 Å². The highest BCUT2D eigenvalue weighted by molar-refractivity contribution is 4.94. The zero-order chi connectivity index (χ0) is 24.2. The lowest BCUT2D eigenvalue weighted by Crippen LogP contribution is -2.53. The van der Waals surface area contributed by atoms with E-state index >= 15 is 0 Å². The average molecular weight is 486 g/mol. The third-order valence-corrected chi connectivity index (χ3v) is 12.2. The van der Waals surface area contributed by atoms with Crippen LogP contribution in [0.1, 0.15) is 142 Å². The van der Waals surface area contributed by atoms with Gasteiger partial charge < -0.3 is 4.74 Å². The summed E-state index contributed by atoms with van der Waals surface area (Å²) in [5.41, 5.74) is 0. The Morgan fingerprint density at radius 3 is 1.00 bits per heavy atom. The predicted molar refractivity (Wildman–Crippen MR) is 149 cm³/mol. The van der Waals surface area contributed by atoms with Gasteiger partial charge in [-0.05, 0) is 138 Å². The van der Waals surface area contributed by atoms with E-state index in [0.29, 0.717) is 6.10 Å². The minimum atomic E-state index is 0.530. The molecule has 5 aliphatic rings. The summed E-state index contributed by atoms with van der Waals surface area (Å²) in [5, 5.41) is 0. The van der Waals surface area contributed by atoms with Crippen molar-refractivity contribution >= 4 is 0 Å². The molecule has 0 N–H and O–H groups in total. The van der Waals surface area contributed by atoms with E-state index in [4.69, 9.17) is 4.74 Å². The van der Waals surface area contributed by atoms with Crippen LogP contribution in [0.3, 0.4) is 0 Å². The molecule has 0 aliphatic heterocycles. The molecule has 0 saturated heterocycles. The molecule has 0 spiro atoms. The third-order valence-electron chi connectivity index (χ3n) is 12.2. The third kappa shape index (κ3) is 6.68. The monoisotopic (exact) mass is 485 g/mol. The van der Waals surface area contributed by atoms with E-state index in [1.54, 1.807) is 0 Å². The van der Waals surface area contributed by atoms with Crippen molar-refractivity contribution in [1.82, 2.24) is 4.90 Å². The Kier molecular flexibility index (Phi) is 9.58. The van der Waals surface area contributed by atoms with Crippen LogP contribution >= 0.6 is 0 Å². The maximum Gasteiger partial charge on any atom is 0.0572 e. The van der Waals surface area contributed by atoms with Gasteiger partial charge in [-0.2, -0.15) is 0 Å². The average Bonchev–Trinajstić information content (AvgIpc) is 2.91. The van der Waals surface area contributed by atoms with Crippen molar-refractivity contribution in [2.45, 2.75) is 166 Å². The largest absolute Gasteiger partial charge is 0.381 e. The fourth-order valence-electron chi connectivity index (χ4n) is 9.73. The van der Waals surface area contributed by atoms with Crippen LogP contribution in [0.15, 0.2) is 0 Å². The summed E-state index contributed by atoms with van der Waals surface area (Å²) in [6, 6.07) is 2.61. The molecule has 5 rings (SSSR count). The fraction of sp³-hybridized carbons (Fsp3) is 1.00. The van der Waals surface area contributed by atoms with Crippen molar-refractivity contribution in [1.29, 1.82) is 0 Å². The summed E-state index contributed by atoms with van der Waals surface area (Å²) >= 11 is 0. The quantitative estimate of drug-likeness (QED) is 0.372. The molecule has 5 aliphatic carbocycles. The maximum absolute atomic E-state index is 5.77. The highest BCUT2D eigenvalue weighted by Crippen LogP contribution is 2.45. The van der Waals surface area contributed by atoms with E-state index in [-0.39, 0.29) is 0 Å². The smallest absolute Gasteiger partial charge is 0.0572 e. The first-order chi connectivity index (χ1) is 17.1. The molecule has 5 fully saturated rings. The number of hydrogen-bond acceptors (Lipinski definition) is 2. The van der Waals surface area contributed by atoms with Crippen molar-refractivity contribution in [3.05, 3.63) is 0 Å². The molecular weight excluding hydrogens is 426 g/mol. The van der Waals surface area contributed by atoms with Crippen molar-refractivity contribution in [2.24, 2.45) is 35.5 Å². The van der Waals surface area contributed by atoms with Crippen molar-refractivity contribution in [3.8, 4) is 0 Å². The first-order valence-corrected chi connectivity index (χ1v) is 16.4. The van der Waals surface area contributed by atoms with E-state index in [1.807, 2.05) is 7.11 Å². The van der Waals surface area contributed by atoms with E-state index in [1.165, 1.54) is 128 Å². The molecule has 2 heteroatoms. The summed E-state index contributed by atoms with van der Waals surface area (Å²) in [6.45, 7) is 4.96. The molecule has 35 heavy (non-hydrogen) atoms. The molecule has 0 aromatic carbocycles. The maximum atomic E-state index is 5.77. The SMILES string of the molecule is COC1CCC(N(C2CCC(C3CCC(C)CC3)CC2)C2CCC(C3CCC(C)CC3)CC2)CC1. The normalized spacial score (nSPS) is 45.9. The molecular formula is C33H59NO. The van der Waals surface area contributed by atoms with E-state index in [2.05, 4.69) is 18.7 Å². The van der Waals surface area contributed by atoms with Crippen LogP contribution in [0.25, 0.3) is 0 Å². The van der Waals surface area contributed by atoms with Crippen LogP contribution in [0.5, 0.6) is 0 Å². The number of methoxy groups -OCH3 is 1. The molecule has 202 valence electrons. The molecule has 0 bridgehead atoms. The number of nitrogens with zero attached hydrogens (tertiary/aromatic N) is 1. The molecule has 0 aromatic heterocycles. The fourth-order valence-corrected chi connectivity index (χ4v) is 9.73. The Labute approximate surface area is 218 Å². The van der Waals surface area contributed by atoms with Crippen molar-refractivity contribution < 1.29 is 4.74 Å². The van der Waals surface area contributed by atoms with E-state index in [9.17, 15) is 0 Å². The standard InChI is InChI=1S/C33H59NO/c1-24-4-8-26(9-5-24)28-12-16-30(17-13-28)34(32-20-22-33(35-3)23-21-32)31-18-14-29(15-19-31)27-10-6-25(2)7-11-27/h24-33H,4-23H2,1-3H3. The van der Waals surface area contributed by atoms with E-state index < -0.39 is 0 Å². The molecule has 2 nitrogen and oxygen atoms in total. The van der Waals surface area contributed by atoms with Gasteiger partial charge in [-0.25, -0.2) is 0 Å². The number of rotatable bonds is 6. The summed E-state index contributed by atoms with van der Waals surface area (Å²) in [5.74, 6) is 6.21. The molecule has 0 heterocycles. The van der Waals surface area contributed by atoms with Gasteiger partial charge in [0.2, 0.25) is 0 Å². The predicted octanol–water partition coefficient (Wildman–Crippen LogP) is 9.02. The number of hydrogen-bond donors (Lipinski definition) is 0. The minimum Gasteiger partial charge on any atom is -0.381 e. The first kappa shape index (κ1) is 26.5. The molecule has 0 atom stereocenters. The van der Waals surface area contributed by atoms with Crippen LogP contribution in [-0.2, 0) is 4.74 Å². The molecule has 0 radical (unpaired) electrons. The lowest BCUT2D eigenvalue weighted by molar-refractivity contribution is -0.0242. The van der Waals surface area contributed by atoms with Crippen molar-refractivity contribution in [3.63, 3.8) is 0 Å². The van der Waals surface area contributed by atoms with Gasteiger partial charge >= 0.3 is 0 Å². The van der Waals surface area contributed by atoms with Crippen LogP contribution in [0, 0.1) is 35.5 Å². The van der Waals surface area contributed by atoms with Gasteiger partial charge in [-0.15, -0.1) is 0 Å². The Morgan fingerprint density at radius 2 is 0.686 bits per heavy atom. The number of ether oxygens (including phenoxy) is 1. The summed E-state index contributed by atoms with van der Waals surface area (Å²) in [6.07, 6.45) is 30.2. The Balaban J connectivity index is 1.18. The summed E-state index contributed by atoms with van der Waals surface area (Å²) < 4.78 is 5.77. The van der Waals surface area contributed by atoms with Gasteiger partial charge in [0.15, 0.2) is 0 Å². The first-order valence-electron chi connectivity index (χ1n) is 16.4. The van der Waals surface area contributed by atoms with Crippen LogP contribution in [0.4, 0.5) is 0 Å². The van der Waals surface area contributed by atoms with Crippen molar-refractivity contribution in [2.75, 3.05) is 7.11 Å². The lowest BCUT2D eigenvalue weighted by atomic mass is 9.69.